The first-order valence-corrected chi connectivity index (χ1v) is 10.4. The molecule has 1 N–H and O–H groups in total. The Bertz CT molecular complexity index is 1380. The van der Waals surface area contributed by atoms with Crippen LogP contribution in [0.15, 0.2) is 54.6 Å². The van der Waals surface area contributed by atoms with Crippen molar-refractivity contribution < 1.29 is 14.5 Å². The summed E-state index contributed by atoms with van der Waals surface area (Å²) in [6.45, 7) is 7.73. The van der Waals surface area contributed by atoms with Gasteiger partial charge in [-0.25, -0.2) is 9.67 Å². The van der Waals surface area contributed by atoms with Crippen molar-refractivity contribution >= 4 is 17.3 Å². The number of nitrogens with zero attached hydrogens (tertiary/aromatic N) is 5. The molecule has 0 radical (unpaired) electrons. The average molecular weight is 458 g/mol. The number of aryl methyl sites for hydroxylation is 2. The number of hydrogen-bond acceptors (Lipinski definition) is 7. The lowest BCUT2D eigenvalue weighted by atomic mass is 10.2. The van der Waals surface area contributed by atoms with Crippen molar-refractivity contribution in [2.45, 2.75) is 27.7 Å². The molecule has 10 heteroatoms. The summed E-state index contributed by atoms with van der Waals surface area (Å²) in [7, 11) is 0. The predicted octanol–water partition coefficient (Wildman–Crippen LogP) is 4.85. The monoisotopic (exact) mass is 458 g/mol. The van der Waals surface area contributed by atoms with Gasteiger partial charge in [0.05, 0.1) is 10.6 Å². The number of nitro groups is 1. The lowest BCUT2D eigenvalue weighted by Crippen LogP contribution is -2.11. The van der Waals surface area contributed by atoms with E-state index in [0.29, 0.717) is 34.5 Å². The molecule has 0 unspecified atom stereocenters. The highest BCUT2D eigenvalue weighted by Crippen LogP contribution is 2.24. The highest BCUT2D eigenvalue weighted by atomic mass is 16.6. The Labute approximate surface area is 195 Å². The largest absolute Gasteiger partial charge is 0.439 e. The normalized spacial score (nSPS) is 10.7. The number of carbonyl (C=O) groups excluding carboxylic acids is 1. The number of benzene rings is 2. The highest BCUT2D eigenvalue weighted by Gasteiger charge is 2.13. The van der Waals surface area contributed by atoms with Gasteiger partial charge in [-0.05, 0) is 69.7 Å². The van der Waals surface area contributed by atoms with E-state index in [1.165, 1.54) is 24.3 Å². The van der Waals surface area contributed by atoms with Crippen LogP contribution in [0.25, 0.3) is 5.82 Å². The smallest absolute Gasteiger partial charge is 0.269 e. The van der Waals surface area contributed by atoms with Crippen LogP contribution in [0.1, 0.15) is 33.1 Å². The molecule has 0 saturated carbocycles. The minimum absolute atomic E-state index is 0.0749. The van der Waals surface area contributed by atoms with Crippen LogP contribution < -0.4 is 10.1 Å². The molecule has 2 aromatic heterocycles. The summed E-state index contributed by atoms with van der Waals surface area (Å²) in [4.78, 5) is 31.5. The molecular formula is C24H22N6O4. The van der Waals surface area contributed by atoms with Gasteiger partial charge < -0.3 is 10.1 Å². The van der Waals surface area contributed by atoms with Crippen LogP contribution in [-0.4, -0.2) is 30.6 Å². The fourth-order valence-electron chi connectivity index (χ4n) is 3.29. The molecule has 0 fully saturated rings. The third-order valence-electron chi connectivity index (χ3n) is 5.35. The third kappa shape index (κ3) is 4.75. The summed E-state index contributed by atoms with van der Waals surface area (Å²) >= 11 is 0. The molecule has 0 aliphatic heterocycles. The summed E-state index contributed by atoms with van der Waals surface area (Å²) in [5.74, 6) is 1.69. The van der Waals surface area contributed by atoms with Crippen molar-refractivity contribution in [3.63, 3.8) is 0 Å². The summed E-state index contributed by atoms with van der Waals surface area (Å²) in [5.41, 5.74) is 3.82. The number of ether oxygens (including phenoxy) is 1. The summed E-state index contributed by atoms with van der Waals surface area (Å²) < 4.78 is 7.68. The average Bonchev–Trinajstić information content (AvgIpc) is 3.07. The second kappa shape index (κ2) is 9.10. The van der Waals surface area contributed by atoms with Gasteiger partial charge in [-0.2, -0.15) is 10.1 Å². The first kappa shape index (κ1) is 22.6. The topological polar surface area (TPSA) is 125 Å². The zero-order chi connectivity index (χ0) is 24.4. The van der Waals surface area contributed by atoms with Crippen molar-refractivity contribution in [1.29, 1.82) is 0 Å². The molecule has 172 valence electrons. The number of aromatic nitrogens is 4. The van der Waals surface area contributed by atoms with Crippen LogP contribution in [0.4, 0.5) is 11.4 Å². The predicted molar refractivity (Wildman–Crippen MR) is 126 cm³/mol. The molecule has 1 amide bonds. The maximum Gasteiger partial charge on any atom is 0.269 e. The Morgan fingerprint density at radius 2 is 1.68 bits per heavy atom. The molecular weight excluding hydrogens is 436 g/mol. The van der Waals surface area contributed by atoms with E-state index in [0.717, 1.165) is 17.0 Å². The van der Waals surface area contributed by atoms with Gasteiger partial charge >= 0.3 is 0 Å². The van der Waals surface area contributed by atoms with Gasteiger partial charge in [-0.15, -0.1) is 0 Å². The maximum atomic E-state index is 12.4. The van der Waals surface area contributed by atoms with E-state index in [-0.39, 0.29) is 11.6 Å². The molecule has 0 saturated heterocycles. The molecule has 2 aromatic carbocycles. The van der Waals surface area contributed by atoms with Crippen LogP contribution in [0.2, 0.25) is 0 Å². The van der Waals surface area contributed by atoms with Crippen molar-refractivity contribution in [3.8, 4) is 17.4 Å². The van der Waals surface area contributed by atoms with Crippen LogP contribution in [0, 0.1) is 37.8 Å². The Morgan fingerprint density at radius 1 is 1.00 bits per heavy atom. The van der Waals surface area contributed by atoms with E-state index in [9.17, 15) is 14.9 Å². The van der Waals surface area contributed by atoms with Gasteiger partial charge in [-0.1, -0.05) is 0 Å². The molecule has 4 rings (SSSR count). The molecule has 0 spiro atoms. The highest BCUT2D eigenvalue weighted by molar-refractivity contribution is 6.04. The zero-order valence-corrected chi connectivity index (χ0v) is 19.1. The zero-order valence-electron chi connectivity index (χ0n) is 19.1. The number of non-ortho nitro benzene ring substituents is 1. The lowest BCUT2D eigenvalue weighted by molar-refractivity contribution is -0.384. The Morgan fingerprint density at radius 3 is 2.26 bits per heavy atom. The second-order valence-corrected chi connectivity index (χ2v) is 7.70. The van der Waals surface area contributed by atoms with Crippen LogP contribution in [0.5, 0.6) is 11.6 Å². The van der Waals surface area contributed by atoms with Gasteiger partial charge in [0.1, 0.15) is 11.6 Å². The number of amides is 1. The van der Waals surface area contributed by atoms with Gasteiger partial charge in [0.2, 0.25) is 5.88 Å². The van der Waals surface area contributed by atoms with E-state index >= 15 is 0 Å². The van der Waals surface area contributed by atoms with Gasteiger partial charge in [0, 0.05) is 35.1 Å². The molecule has 0 atom stereocenters. The Hall–Kier alpha value is -4.60. The van der Waals surface area contributed by atoms with Crippen LogP contribution in [0.3, 0.4) is 0 Å². The molecule has 10 nitrogen and oxygen atoms in total. The number of hydrogen-bond donors (Lipinski definition) is 1. The third-order valence-corrected chi connectivity index (χ3v) is 5.35. The lowest BCUT2D eigenvalue weighted by Gasteiger charge is -2.10. The van der Waals surface area contributed by atoms with E-state index in [1.807, 2.05) is 20.8 Å². The van der Waals surface area contributed by atoms with Crippen molar-refractivity contribution in [2.24, 2.45) is 0 Å². The van der Waals surface area contributed by atoms with Gasteiger partial charge in [0.25, 0.3) is 11.6 Å². The molecule has 34 heavy (non-hydrogen) atoms. The van der Waals surface area contributed by atoms with Crippen molar-refractivity contribution in [1.82, 2.24) is 19.7 Å². The molecule has 4 aromatic rings. The quantitative estimate of drug-likeness (QED) is 0.323. The minimum atomic E-state index is -0.513. The van der Waals surface area contributed by atoms with Crippen molar-refractivity contribution in [2.75, 3.05) is 5.32 Å². The van der Waals surface area contributed by atoms with Gasteiger partial charge in [0.15, 0.2) is 5.82 Å². The number of nitro benzene ring substituents is 1. The van der Waals surface area contributed by atoms with Crippen LogP contribution >= 0.6 is 0 Å². The van der Waals surface area contributed by atoms with E-state index in [2.05, 4.69) is 20.4 Å². The number of nitrogens with one attached hydrogen (secondary N) is 1. The summed E-state index contributed by atoms with van der Waals surface area (Å²) in [5, 5.41) is 18.0. The number of carbonyl (C=O) groups is 1. The van der Waals surface area contributed by atoms with E-state index < -0.39 is 4.92 Å². The minimum Gasteiger partial charge on any atom is -0.439 e. The molecule has 2 heterocycles. The number of rotatable bonds is 6. The van der Waals surface area contributed by atoms with Crippen molar-refractivity contribution in [3.05, 3.63) is 93.1 Å². The SMILES string of the molecule is Cc1nc(Oc2ccc(NC(=O)c3ccc([N+](=O)[O-])cc3)cc2)cc(-n2nc(C)c(C)c2C)n1. The van der Waals surface area contributed by atoms with Gasteiger partial charge in [-0.3, -0.25) is 14.9 Å². The summed E-state index contributed by atoms with van der Waals surface area (Å²) in [6, 6.07) is 13.9. The van der Waals surface area contributed by atoms with E-state index in [1.54, 1.807) is 41.9 Å². The molecule has 0 aliphatic rings. The van der Waals surface area contributed by atoms with Crippen LogP contribution in [-0.2, 0) is 0 Å². The Balaban J connectivity index is 1.47. The first-order valence-electron chi connectivity index (χ1n) is 10.4. The summed E-state index contributed by atoms with van der Waals surface area (Å²) in [6.07, 6.45) is 0. The first-order chi connectivity index (χ1) is 16.2. The molecule has 0 aliphatic carbocycles. The van der Waals surface area contributed by atoms with E-state index in [4.69, 9.17) is 4.74 Å². The number of anilines is 1. The Kier molecular flexibility index (Phi) is 6.05. The fraction of sp³-hybridized carbons (Fsp3) is 0.167. The fourth-order valence-corrected chi connectivity index (χ4v) is 3.29. The molecule has 0 bridgehead atoms. The maximum absolute atomic E-state index is 12.4. The standard InChI is InChI=1S/C24H22N6O4/c1-14-15(2)28-29(16(14)3)22-13-23(26-17(4)25-22)34-21-11-7-19(8-12-21)27-24(31)18-5-9-20(10-6-18)30(32)33/h5-13H,1-4H3,(H,27,31). The second-order valence-electron chi connectivity index (χ2n) is 7.70.